The van der Waals surface area contributed by atoms with Crippen LogP contribution in [-0.4, -0.2) is 36.6 Å². The third-order valence-electron chi connectivity index (χ3n) is 4.81. The van der Waals surface area contributed by atoms with Gasteiger partial charge in [0.05, 0.1) is 0 Å². The van der Waals surface area contributed by atoms with Gasteiger partial charge < -0.3 is 5.32 Å². The zero-order chi connectivity index (χ0) is 12.1. The second-order valence-corrected chi connectivity index (χ2v) is 6.15. The maximum absolute atomic E-state index is 3.77. The van der Waals surface area contributed by atoms with E-state index in [1.54, 1.807) is 0 Å². The molecule has 2 fully saturated rings. The van der Waals surface area contributed by atoms with E-state index in [0.29, 0.717) is 0 Å². The van der Waals surface area contributed by atoms with E-state index in [2.05, 4.69) is 24.1 Å². The third-order valence-corrected chi connectivity index (χ3v) is 4.81. The van der Waals surface area contributed by atoms with E-state index < -0.39 is 0 Å². The molecule has 1 aliphatic heterocycles. The fourth-order valence-corrected chi connectivity index (χ4v) is 3.43. The molecule has 0 amide bonds. The summed E-state index contributed by atoms with van der Waals surface area (Å²) < 4.78 is 0. The summed E-state index contributed by atoms with van der Waals surface area (Å²) >= 11 is 0. The maximum atomic E-state index is 3.77. The quantitative estimate of drug-likeness (QED) is 0.792. The van der Waals surface area contributed by atoms with Crippen LogP contribution in [0.5, 0.6) is 0 Å². The van der Waals surface area contributed by atoms with Crippen LogP contribution in [0.4, 0.5) is 0 Å². The van der Waals surface area contributed by atoms with Crippen LogP contribution >= 0.6 is 0 Å². The largest absolute Gasteiger partial charge is 0.312 e. The molecule has 1 saturated carbocycles. The molecule has 2 rings (SSSR count). The first-order valence-electron chi connectivity index (χ1n) is 7.77. The molecule has 0 aromatic carbocycles. The maximum Gasteiger partial charge on any atom is 0.0192 e. The lowest BCUT2D eigenvalue weighted by Gasteiger charge is -2.37. The van der Waals surface area contributed by atoms with Crippen molar-refractivity contribution in [1.82, 2.24) is 10.2 Å². The highest BCUT2D eigenvalue weighted by Crippen LogP contribution is 2.21. The Balaban J connectivity index is 1.68. The number of rotatable bonds is 5. The van der Waals surface area contributed by atoms with Crippen molar-refractivity contribution in [3.63, 3.8) is 0 Å². The van der Waals surface area contributed by atoms with E-state index in [1.807, 2.05) is 0 Å². The number of nitrogens with one attached hydrogen (secondary N) is 1. The van der Waals surface area contributed by atoms with Crippen molar-refractivity contribution in [2.75, 3.05) is 19.6 Å². The van der Waals surface area contributed by atoms with Crippen molar-refractivity contribution >= 4 is 0 Å². The lowest BCUT2D eigenvalue weighted by molar-refractivity contribution is 0.126. The lowest BCUT2D eigenvalue weighted by Crippen LogP contribution is -2.47. The fraction of sp³-hybridized carbons (Fsp3) is 1.00. The Hall–Kier alpha value is -0.0800. The second kappa shape index (κ2) is 6.75. The highest BCUT2D eigenvalue weighted by Gasteiger charge is 2.23. The monoisotopic (exact) mass is 238 g/mol. The lowest BCUT2D eigenvalue weighted by atomic mass is 9.94. The van der Waals surface area contributed by atoms with Crippen LogP contribution in [0.1, 0.15) is 58.8 Å². The number of piperidine rings is 1. The molecular formula is C15H30N2. The van der Waals surface area contributed by atoms with Gasteiger partial charge in [-0.15, -0.1) is 0 Å². The van der Waals surface area contributed by atoms with Gasteiger partial charge in [-0.25, -0.2) is 0 Å². The number of hydrogen-bond acceptors (Lipinski definition) is 2. The highest BCUT2D eigenvalue weighted by molar-refractivity contribution is 4.80. The van der Waals surface area contributed by atoms with Crippen molar-refractivity contribution in [3.05, 3.63) is 0 Å². The molecule has 2 nitrogen and oxygen atoms in total. The summed E-state index contributed by atoms with van der Waals surface area (Å²) in [6, 6.07) is 1.55. The molecule has 2 unspecified atom stereocenters. The normalized spacial score (nSPS) is 29.6. The van der Waals surface area contributed by atoms with Crippen LogP contribution < -0.4 is 5.32 Å². The summed E-state index contributed by atoms with van der Waals surface area (Å²) in [5.74, 6) is 0.956. The second-order valence-electron chi connectivity index (χ2n) is 6.15. The summed E-state index contributed by atoms with van der Waals surface area (Å²) in [6.45, 7) is 8.60. The Labute approximate surface area is 107 Å². The van der Waals surface area contributed by atoms with Crippen LogP contribution in [0.3, 0.4) is 0 Å². The summed E-state index contributed by atoms with van der Waals surface area (Å²) in [4.78, 5) is 2.71. The van der Waals surface area contributed by atoms with Gasteiger partial charge >= 0.3 is 0 Å². The number of likely N-dealkylation sites (tertiary alicyclic amines) is 1. The predicted molar refractivity (Wildman–Crippen MR) is 74.3 cm³/mol. The van der Waals surface area contributed by atoms with Crippen LogP contribution in [0, 0.1) is 5.92 Å². The number of hydrogen-bond donors (Lipinski definition) is 1. The van der Waals surface area contributed by atoms with Gasteiger partial charge in [-0.2, -0.15) is 0 Å². The molecular weight excluding hydrogens is 208 g/mol. The minimum atomic E-state index is 0.727. The van der Waals surface area contributed by atoms with Crippen LogP contribution in [-0.2, 0) is 0 Å². The molecule has 0 bridgehead atoms. The summed E-state index contributed by atoms with van der Waals surface area (Å²) in [6.07, 6.45) is 9.91. The molecule has 2 atom stereocenters. The third kappa shape index (κ3) is 3.96. The van der Waals surface area contributed by atoms with E-state index in [0.717, 1.165) is 18.0 Å². The van der Waals surface area contributed by atoms with Gasteiger partial charge in [-0.1, -0.05) is 26.2 Å². The standard InChI is InChI=1S/C15H30N2/c1-3-14-7-6-10-17(12-14)13(2)11-16-15-8-4-5-9-15/h13-16H,3-12H2,1-2H3. The molecule has 1 heterocycles. The van der Waals surface area contributed by atoms with Crippen molar-refractivity contribution in [2.45, 2.75) is 70.9 Å². The minimum absolute atomic E-state index is 0.727. The fourth-order valence-electron chi connectivity index (χ4n) is 3.43. The van der Waals surface area contributed by atoms with Gasteiger partial charge in [-0.3, -0.25) is 4.90 Å². The molecule has 17 heavy (non-hydrogen) atoms. The summed E-state index contributed by atoms with van der Waals surface area (Å²) in [5, 5.41) is 3.77. The molecule has 1 saturated heterocycles. The van der Waals surface area contributed by atoms with Crippen LogP contribution in [0.2, 0.25) is 0 Å². The van der Waals surface area contributed by atoms with Crippen LogP contribution in [0.25, 0.3) is 0 Å². The van der Waals surface area contributed by atoms with Crippen molar-refractivity contribution in [3.8, 4) is 0 Å². The molecule has 100 valence electrons. The Bertz CT molecular complexity index is 211. The van der Waals surface area contributed by atoms with Gasteiger partial charge in [0.2, 0.25) is 0 Å². The zero-order valence-electron chi connectivity index (χ0n) is 11.8. The van der Waals surface area contributed by atoms with E-state index in [1.165, 1.54) is 64.6 Å². The van der Waals surface area contributed by atoms with E-state index in [-0.39, 0.29) is 0 Å². The average Bonchev–Trinajstić information content (AvgIpc) is 2.89. The minimum Gasteiger partial charge on any atom is -0.312 e. The molecule has 0 spiro atoms. The van der Waals surface area contributed by atoms with Crippen molar-refractivity contribution in [1.29, 1.82) is 0 Å². The van der Waals surface area contributed by atoms with E-state index in [9.17, 15) is 0 Å². The van der Waals surface area contributed by atoms with Gasteiger partial charge in [-0.05, 0) is 45.1 Å². The Kier molecular flexibility index (Phi) is 5.30. The van der Waals surface area contributed by atoms with E-state index >= 15 is 0 Å². The van der Waals surface area contributed by atoms with Gasteiger partial charge in [0, 0.05) is 25.2 Å². The molecule has 2 aliphatic rings. The Morgan fingerprint density at radius 1 is 1.18 bits per heavy atom. The first kappa shape index (κ1) is 13.4. The molecule has 2 heteroatoms. The Morgan fingerprint density at radius 3 is 2.65 bits per heavy atom. The first-order chi connectivity index (χ1) is 8.29. The summed E-state index contributed by atoms with van der Waals surface area (Å²) in [7, 11) is 0. The Morgan fingerprint density at radius 2 is 1.94 bits per heavy atom. The van der Waals surface area contributed by atoms with Crippen molar-refractivity contribution in [2.24, 2.45) is 5.92 Å². The number of nitrogens with zero attached hydrogens (tertiary/aromatic N) is 1. The molecule has 0 aromatic heterocycles. The zero-order valence-corrected chi connectivity index (χ0v) is 11.8. The first-order valence-corrected chi connectivity index (χ1v) is 7.77. The van der Waals surface area contributed by atoms with Crippen molar-refractivity contribution < 1.29 is 0 Å². The topological polar surface area (TPSA) is 15.3 Å². The average molecular weight is 238 g/mol. The molecule has 1 N–H and O–H groups in total. The summed E-state index contributed by atoms with van der Waals surface area (Å²) in [5.41, 5.74) is 0. The molecule has 0 radical (unpaired) electrons. The smallest absolute Gasteiger partial charge is 0.0192 e. The van der Waals surface area contributed by atoms with Gasteiger partial charge in [0.1, 0.15) is 0 Å². The van der Waals surface area contributed by atoms with E-state index in [4.69, 9.17) is 0 Å². The molecule has 0 aromatic rings. The SMILES string of the molecule is CCC1CCCN(C(C)CNC2CCCC2)C1. The highest BCUT2D eigenvalue weighted by atomic mass is 15.2. The predicted octanol–water partition coefficient (Wildman–Crippen LogP) is 3.03. The van der Waals surface area contributed by atoms with Gasteiger partial charge in [0.25, 0.3) is 0 Å². The van der Waals surface area contributed by atoms with Gasteiger partial charge in [0.15, 0.2) is 0 Å². The van der Waals surface area contributed by atoms with Crippen LogP contribution in [0.15, 0.2) is 0 Å². The molecule has 1 aliphatic carbocycles.